The average Bonchev–Trinajstić information content (AvgIpc) is 3.02. The number of carbonyl (C=O) groups excluding carboxylic acids is 2. The summed E-state index contributed by atoms with van der Waals surface area (Å²) in [5.74, 6) is -0.905. The van der Waals surface area contributed by atoms with E-state index in [0.717, 1.165) is 33.6 Å². The minimum absolute atomic E-state index is 0.183. The second-order valence-electron chi connectivity index (χ2n) is 9.39. The van der Waals surface area contributed by atoms with Crippen molar-refractivity contribution in [2.45, 2.75) is 12.8 Å². The van der Waals surface area contributed by atoms with Crippen LogP contribution in [0.15, 0.2) is 132 Å². The molecule has 0 bridgehead atoms. The van der Waals surface area contributed by atoms with Gasteiger partial charge in [0.1, 0.15) is 0 Å². The van der Waals surface area contributed by atoms with Crippen LogP contribution in [0, 0.1) is 0 Å². The number of allylic oxidation sites excluding steroid dienone is 2. The van der Waals surface area contributed by atoms with Gasteiger partial charge in [0.15, 0.2) is 0 Å². The Hall–Kier alpha value is -5.10. The molecule has 0 spiro atoms. The van der Waals surface area contributed by atoms with Crippen LogP contribution in [0.2, 0.25) is 0 Å². The number of anilines is 2. The van der Waals surface area contributed by atoms with E-state index in [9.17, 15) is 9.59 Å². The van der Waals surface area contributed by atoms with Crippen LogP contribution in [0.1, 0.15) is 12.8 Å². The lowest BCUT2D eigenvalue weighted by molar-refractivity contribution is -0.137. The van der Waals surface area contributed by atoms with Gasteiger partial charge in [-0.3, -0.25) is 0 Å². The molecule has 0 aromatic heterocycles. The van der Waals surface area contributed by atoms with Crippen LogP contribution in [0.25, 0.3) is 22.3 Å². The monoisotopic (exact) mass is 530 g/mol. The van der Waals surface area contributed by atoms with Crippen LogP contribution >= 0.6 is 0 Å². The molecule has 1 aliphatic carbocycles. The second-order valence-corrected chi connectivity index (χ2v) is 9.39. The minimum atomic E-state index is -0.453. The van der Waals surface area contributed by atoms with Crippen LogP contribution in [0.4, 0.5) is 11.4 Å². The van der Waals surface area contributed by atoms with Crippen LogP contribution in [-0.2, 0) is 19.1 Å². The van der Waals surface area contributed by atoms with Crippen molar-refractivity contribution in [1.29, 1.82) is 0 Å². The molecule has 1 aliphatic rings. The molecule has 4 aromatic rings. The van der Waals surface area contributed by atoms with E-state index in [4.69, 9.17) is 9.47 Å². The molecular formula is C34H30N2O4. The Morgan fingerprint density at radius 1 is 0.500 bits per heavy atom. The van der Waals surface area contributed by atoms with Gasteiger partial charge in [-0.15, -0.1) is 0 Å². The van der Waals surface area contributed by atoms with Crippen molar-refractivity contribution >= 4 is 23.3 Å². The highest BCUT2D eigenvalue weighted by Crippen LogP contribution is 2.34. The van der Waals surface area contributed by atoms with Crippen molar-refractivity contribution in [3.8, 4) is 22.3 Å². The zero-order valence-electron chi connectivity index (χ0n) is 22.4. The fourth-order valence-electron chi connectivity index (χ4n) is 4.76. The zero-order chi connectivity index (χ0) is 27.9. The fraction of sp³-hybridized carbons (Fsp3) is 0.118. The number of hydrogen-bond donors (Lipinski definition) is 2. The Morgan fingerprint density at radius 2 is 0.825 bits per heavy atom. The number of esters is 2. The van der Waals surface area contributed by atoms with E-state index in [1.165, 1.54) is 14.2 Å². The van der Waals surface area contributed by atoms with E-state index in [0.29, 0.717) is 22.5 Å². The fourth-order valence-corrected chi connectivity index (χ4v) is 4.76. The van der Waals surface area contributed by atoms with Gasteiger partial charge in [0, 0.05) is 35.6 Å². The zero-order valence-corrected chi connectivity index (χ0v) is 22.4. The summed E-state index contributed by atoms with van der Waals surface area (Å²) in [4.78, 5) is 25.7. The van der Waals surface area contributed by atoms with Gasteiger partial charge in [-0.05, 0) is 46.5 Å². The van der Waals surface area contributed by atoms with Gasteiger partial charge in [-0.1, -0.05) is 84.9 Å². The largest absolute Gasteiger partial charge is 0.466 e. The molecule has 0 unspecified atom stereocenters. The first-order chi connectivity index (χ1) is 19.6. The first-order valence-corrected chi connectivity index (χ1v) is 13.0. The Bertz CT molecular complexity index is 1440. The molecule has 0 fully saturated rings. The summed E-state index contributed by atoms with van der Waals surface area (Å²) >= 11 is 0. The van der Waals surface area contributed by atoms with E-state index in [1.54, 1.807) is 0 Å². The summed E-state index contributed by atoms with van der Waals surface area (Å²) in [5, 5.41) is 6.71. The number of rotatable bonds is 8. The summed E-state index contributed by atoms with van der Waals surface area (Å²) in [6, 6.07) is 36.1. The summed E-state index contributed by atoms with van der Waals surface area (Å²) in [5.41, 5.74) is 8.09. The van der Waals surface area contributed by atoms with E-state index < -0.39 is 11.9 Å². The topological polar surface area (TPSA) is 76.7 Å². The molecule has 6 nitrogen and oxygen atoms in total. The molecule has 4 aromatic carbocycles. The molecule has 0 radical (unpaired) electrons. The van der Waals surface area contributed by atoms with Gasteiger partial charge in [0.2, 0.25) is 0 Å². The Kier molecular flexibility index (Phi) is 8.07. The average molecular weight is 531 g/mol. The van der Waals surface area contributed by atoms with E-state index >= 15 is 0 Å². The Labute approximate surface area is 234 Å². The normalized spacial score (nSPS) is 13.1. The molecule has 2 N–H and O–H groups in total. The van der Waals surface area contributed by atoms with Crippen LogP contribution in [-0.4, -0.2) is 26.2 Å². The van der Waals surface area contributed by atoms with E-state index in [-0.39, 0.29) is 12.8 Å². The molecule has 0 atom stereocenters. The number of hydrogen-bond acceptors (Lipinski definition) is 6. The van der Waals surface area contributed by atoms with E-state index in [1.807, 2.05) is 84.9 Å². The third kappa shape index (κ3) is 5.97. The standard InChI is InChI=1S/C34H30N2O4/c1-39-33(37)29-21-32(36-28-19-15-26(16-20-28)24-11-7-4-8-12-24)30(34(38)40-2)22-31(29)35-27-17-13-25(14-18-27)23-9-5-3-6-10-23/h3-20,35-36H,21-22H2,1-2H3. The predicted molar refractivity (Wildman–Crippen MR) is 158 cm³/mol. The third-order valence-electron chi connectivity index (χ3n) is 6.87. The lowest BCUT2D eigenvalue weighted by Gasteiger charge is -2.26. The summed E-state index contributed by atoms with van der Waals surface area (Å²) in [6.07, 6.45) is 0.365. The first kappa shape index (κ1) is 26.5. The second kappa shape index (κ2) is 12.2. The van der Waals surface area contributed by atoms with Gasteiger partial charge >= 0.3 is 11.9 Å². The van der Waals surface area contributed by atoms with Crippen LogP contribution in [0.3, 0.4) is 0 Å². The Morgan fingerprint density at radius 3 is 1.15 bits per heavy atom. The highest BCUT2D eigenvalue weighted by Gasteiger charge is 2.30. The summed E-state index contributed by atoms with van der Waals surface area (Å²) in [7, 11) is 2.72. The molecule has 0 aliphatic heterocycles. The summed E-state index contributed by atoms with van der Waals surface area (Å²) < 4.78 is 10.2. The number of benzene rings is 4. The molecule has 40 heavy (non-hydrogen) atoms. The quantitative estimate of drug-likeness (QED) is 0.235. The number of ether oxygens (including phenoxy) is 2. The Balaban J connectivity index is 1.40. The maximum atomic E-state index is 12.9. The van der Waals surface area contributed by atoms with Crippen molar-refractivity contribution < 1.29 is 19.1 Å². The van der Waals surface area contributed by atoms with Crippen LogP contribution in [0.5, 0.6) is 0 Å². The molecule has 6 heteroatoms. The SMILES string of the molecule is COC(=O)C1=C(Nc2ccc(-c3ccccc3)cc2)CC(C(=O)OC)=C(Nc2ccc(-c3ccccc3)cc2)C1. The molecule has 0 amide bonds. The third-order valence-corrected chi connectivity index (χ3v) is 6.87. The molecule has 5 rings (SSSR count). The lowest BCUT2D eigenvalue weighted by Crippen LogP contribution is -2.24. The lowest BCUT2D eigenvalue weighted by atomic mass is 9.92. The van der Waals surface area contributed by atoms with Gasteiger partial charge in [-0.2, -0.15) is 0 Å². The van der Waals surface area contributed by atoms with Gasteiger partial charge in [-0.25, -0.2) is 9.59 Å². The molecule has 0 heterocycles. The van der Waals surface area contributed by atoms with Crippen molar-refractivity contribution in [2.75, 3.05) is 24.9 Å². The smallest absolute Gasteiger partial charge is 0.335 e. The maximum absolute atomic E-state index is 12.9. The number of carbonyl (C=O) groups is 2. The molecule has 0 saturated heterocycles. The highest BCUT2D eigenvalue weighted by molar-refractivity contribution is 5.96. The van der Waals surface area contributed by atoms with E-state index in [2.05, 4.69) is 34.9 Å². The molecule has 200 valence electrons. The van der Waals surface area contributed by atoms with Crippen molar-refractivity contribution in [3.05, 3.63) is 132 Å². The molecular weight excluding hydrogens is 500 g/mol. The molecule has 0 saturated carbocycles. The highest BCUT2D eigenvalue weighted by atomic mass is 16.5. The van der Waals surface area contributed by atoms with Gasteiger partial charge in [0.05, 0.1) is 25.4 Å². The van der Waals surface area contributed by atoms with Crippen molar-refractivity contribution in [3.63, 3.8) is 0 Å². The number of methoxy groups -OCH3 is 2. The van der Waals surface area contributed by atoms with Crippen LogP contribution < -0.4 is 10.6 Å². The predicted octanol–water partition coefficient (Wildman–Crippen LogP) is 7.19. The number of nitrogens with one attached hydrogen (secondary N) is 2. The minimum Gasteiger partial charge on any atom is -0.466 e. The first-order valence-electron chi connectivity index (χ1n) is 13.0. The summed E-state index contributed by atoms with van der Waals surface area (Å²) in [6.45, 7) is 0. The van der Waals surface area contributed by atoms with Crippen molar-refractivity contribution in [1.82, 2.24) is 0 Å². The maximum Gasteiger partial charge on any atom is 0.335 e. The van der Waals surface area contributed by atoms with Crippen molar-refractivity contribution in [2.24, 2.45) is 0 Å². The van der Waals surface area contributed by atoms with Gasteiger partial charge in [0.25, 0.3) is 0 Å². The van der Waals surface area contributed by atoms with Gasteiger partial charge < -0.3 is 20.1 Å².